The fourth-order valence-electron chi connectivity index (χ4n) is 3.65. The molecule has 1 fully saturated rings. The number of benzene rings is 1. The summed E-state index contributed by atoms with van der Waals surface area (Å²) < 4.78 is 6.09. The van der Waals surface area contributed by atoms with Crippen LogP contribution in [0.3, 0.4) is 0 Å². The second kappa shape index (κ2) is 9.54. The van der Waals surface area contributed by atoms with Gasteiger partial charge in [0.1, 0.15) is 5.75 Å². The van der Waals surface area contributed by atoms with E-state index in [1.54, 1.807) is 0 Å². The zero-order valence-corrected chi connectivity index (χ0v) is 16.1. The number of aryl methyl sites for hydroxylation is 1. The maximum atomic E-state index is 10.6. The monoisotopic (exact) mass is 367 g/mol. The Morgan fingerprint density at radius 2 is 1.96 bits per heavy atom. The number of aliphatic carboxylic acids is 1. The van der Waals surface area contributed by atoms with Crippen molar-refractivity contribution < 1.29 is 14.6 Å². The molecule has 0 saturated heterocycles. The number of hydrogen-bond acceptors (Lipinski definition) is 3. The van der Waals surface area contributed by atoms with Gasteiger partial charge in [-0.3, -0.25) is 9.78 Å². The maximum Gasteiger partial charge on any atom is 0.303 e. The summed E-state index contributed by atoms with van der Waals surface area (Å²) in [5.74, 6) is 0.947. The van der Waals surface area contributed by atoms with Crippen LogP contribution in [-0.2, 0) is 11.2 Å². The minimum absolute atomic E-state index is 0.239. The van der Waals surface area contributed by atoms with E-state index in [0.717, 1.165) is 48.6 Å². The van der Waals surface area contributed by atoms with Gasteiger partial charge in [-0.1, -0.05) is 25.1 Å². The van der Waals surface area contributed by atoms with Crippen molar-refractivity contribution in [1.82, 2.24) is 4.98 Å². The van der Waals surface area contributed by atoms with Gasteiger partial charge in [0, 0.05) is 12.0 Å². The van der Waals surface area contributed by atoms with Crippen LogP contribution in [0.25, 0.3) is 11.3 Å². The van der Waals surface area contributed by atoms with E-state index in [1.807, 2.05) is 24.4 Å². The third kappa shape index (κ3) is 6.09. The fraction of sp³-hybridized carbons (Fsp3) is 0.478. The molecule has 2 aromatic rings. The second-order valence-corrected chi connectivity index (χ2v) is 7.68. The van der Waals surface area contributed by atoms with E-state index < -0.39 is 5.97 Å². The molecule has 144 valence electrons. The number of rotatable bonds is 8. The minimum atomic E-state index is -0.724. The van der Waals surface area contributed by atoms with Crippen LogP contribution in [0.2, 0.25) is 0 Å². The summed E-state index contributed by atoms with van der Waals surface area (Å²) in [6.45, 7) is 2.31. The molecule has 4 heteroatoms. The molecule has 1 saturated carbocycles. The van der Waals surface area contributed by atoms with Crippen molar-refractivity contribution >= 4 is 5.97 Å². The molecule has 0 bridgehead atoms. The molecule has 0 spiro atoms. The molecule has 0 atom stereocenters. The van der Waals surface area contributed by atoms with Gasteiger partial charge in [-0.05, 0) is 74.6 Å². The topological polar surface area (TPSA) is 59.4 Å². The van der Waals surface area contributed by atoms with Crippen LogP contribution in [0.1, 0.15) is 57.4 Å². The molecule has 3 rings (SSSR count). The number of carbonyl (C=O) groups is 1. The van der Waals surface area contributed by atoms with Crippen LogP contribution in [0.15, 0.2) is 42.6 Å². The molecule has 0 aliphatic heterocycles. The lowest BCUT2D eigenvalue weighted by atomic mass is 9.89. The first kappa shape index (κ1) is 19.4. The highest BCUT2D eigenvalue weighted by atomic mass is 16.5. The smallest absolute Gasteiger partial charge is 0.303 e. The molecule has 1 aliphatic rings. The molecule has 1 aromatic heterocycles. The summed E-state index contributed by atoms with van der Waals surface area (Å²) in [7, 11) is 0. The number of carboxylic acids is 1. The van der Waals surface area contributed by atoms with Crippen LogP contribution in [-0.4, -0.2) is 22.2 Å². The SMILES string of the molecule is CC1CCC(Oc2ccc(-c3cccc(CCCCC(=O)O)c3)nc2)CC1. The molecule has 1 aliphatic carbocycles. The first-order valence-corrected chi connectivity index (χ1v) is 10.0. The van der Waals surface area contributed by atoms with Gasteiger partial charge in [-0.25, -0.2) is 0 Å². The van der Waals surface area contributed by atoms with Gasteiger partial charge in [0.05, 0.1) is 18.0 Å². The molecule has 0 amide bonds. The number of unbranched alkanes of at least 4 members (excludes halogenated alkanes) is 1. The van der Waals surface area contributed by atoms with Crippen molar-refractivity contribution in [1.29, 1.82) is 0 Å². The molecular weight excluding hydrogens is 338 g/mol. The quantitative estimate of drug-likeness (QED) is 0.626. The van der Waals surface area contributed by atoms with Crippen LogP contribution in [0, 0.1) is 5.92 Å². The molecular formula is C23H29NO3. The lowest BCUT2D eigenvalue weighted by molar-refractivity contribution is -0.137. The predicted octanol–water partition coefficient (Wildman–Crippen LogP) is 5.50. The first-order valence-electron chi connectivity index (χ1n) is 10.0. The van der Waals surface area contributed by atoms with Crippen molar-refractivity contribution in [3.05, 3.63) is 48.2 Å². The van der Waals surface area contributed by atoms with Gasteiger partial charge in [0.2, 0.25) is 0 Å². The third-order valence-electron chi connectivity index (χ3n) is 5.33. The lowest BCUT2D eigenvalue weighted by Gasteiger charge is -2.26. The second-order valence-electron chi connectivity index (χ2n) is 7.68. The molecule has 0 radical (unpaired) electrons. The van der Waals surface area contributed by atoms with Crippen LogP contribution >= 0.6 is 0 Å². The van der Waals surface area contributed by atoms with Gasteiger partial charge >= 0.3 is 5.97 Å². The van der Waals surface area contributed by atoms with Crippen LogP contribution < -0.4 is 4.74 Å². The number of hydrogen-bond donors (Lipinski definition) is 1. The van der Waals surface area contributed by atoms with Crippen molar-refractivity contribution in [3.8, 4) is 17.0 Å². The summed E-state index contributed by atoms with van der Waals surface area (Å²) >= 11 is 0. The van der Waals surface area contributed by atoms with Crippen molar-refractivity contribution in [2.45, 2.75) is 64.4 Å². The summed E-state index contributed by atoms with van der Waals surface area (Å²) in [5, 5.41) is 8.72. The molecule has 1 aromatic carbocycles. The Labute approximate surface area is 161 Å². The van der Waals surface area contributed by atoms with Gasteiger partial charge in [-0.15, -0.1) is 0 Å². The van der Waals surface area contributed by atoms with Crippen molar-refractivity contribution in [2.24, 2.45) is 5.92 Å². The highest BCUT2D eigenvalue weighted by Gasteiger charge is 2.19. The Bertz CT molecular complexity index is 734. The zero-order chi connectivity index (χ0) is 19.1. The molecule has 0 unspecified atom stereocenters. The average Bonchev–Trinajstić information content (AvgIpc) is 2.68. The van der Waals surface area contributed by atoms with Gasteiger partial charge in [0.15, 0.2) is 0 Å². The van der Waals surface area contributed by atoms with E-state index in [4.69, 9.17) is 9.84 Å². The lowest BCUT2D eigenvalue weighted by Crippen LogP contribution is -2.23. The van der Waals surface area contributed by atoms with E-state index in [-0.39, 0.29) is 6.42 Å². The van der Waals surface area contributed by atoms with Gasteiger partial charge in [0.25, 0.3) is 0 Å². The highest BCUT2D eigenvalue weighted by Crippen LogP contribution is 2.28. The highest BCUT2D eigenvalue weighted by molar-refractivity contribution is 5.66. The molecule has 1 heterocycles. The first-order chi connectivity index (χ1) is 13.1. The van der Waals surface area contributed by atoms with E-state index in [0.29, 0.717) is 12.5 Å². The normalized spacial score (nSPS) is 19.6. The third-order valence-corrected chi connectivity index (χ3v) is 5.33. The Balaban J connectivity index is 1.56. The summed E-state index contributed by atoms with van der Waals surface area (Å²) in [6.07, 6.45) is 9.63. The van der Waals surface area contributed by atoms with E-state index >= 15 is 0 Å². The molecule has 4 nitrogen and oxygen atoms in total. The van der Waals surface area contributed by atoms with Crippen LogP contribution in [0.5, 0.6) is 5.75 Å². The van der Waals surface area contributed by atoms with Gasteiger partial charge in [-0.2, -0.15) is 0 Å². The van der Waals surface area contributed by atoms with Crippen molar-refractivity contribution in [2.75, 3.05) is 0 Å². The van der Waals surface area contributed by atoms with Crippen molar-refractivity contribution in [3.63, 3.8) is 0 Å². The minimum Gasteiger partial charge on any atom is -0.489 e. The Morgan fingerprint density at radius 3 is 2.67 bits per heavy atom. The van der Waals surface area contributed by atoms with E-state index in [1.165, 1.54) is 18.4 Å². The Hall–Kier alpha value is -2.36. The number of aromatic nitrogens is 1. The standard InChI is InChI=1S/C23H29NO3/c1-17-9-11-20(12-10-17)27-21-13-14-22(24-16-21)19-7-4-6-18(15-19)5-2-3-8-23(25)26/h4,6-7,13-17,20H,2-3,5,8-12H2,1H3,(H,25,26). The number of carboxylic acid groups (broad SMARTS) is 1. The van der Waals surface area contributed by atoms with Gasteiger partial charge < -0.3 is 9.84 Å². The maximum absolute atomic E-state index is 10.6. The molecule has 1 N–H and O–H groups in total. The summed E-state index contributed by atoms with van der Waals surface area (Å²) in [4.78, 5) is 15.2. The Morgan fingerprint density at radius 1 is 1.15 bits per heavy atom. The van der Waals surface area contributed by atoms with E-state index in [9.17, 15) is 4.79 Å². The predicted molar refractivity (Wildman–Crippen MR) is 107 cm³/mol. The summed E-state index contributed by atoms with van der Waals surface area (Å²) in [6, 6.07) is 12.4. The molecule has 27 heavy (non-hydrogen) atoms. The number of ether oxygens (including phenoxy) is 1. The average molecular weight is 367 g/mol. The van der Waals surface area contributed by atoms with Crippen LogP contribution in [0.4, 0.5) is 0 Å². The van der Waals surface area contributed by atoms with E-state index in [2.05, 4.69) is 30.1 Å². The number of nitrogens with zero attached hydrogens (tertiary/aromatic N) is 1. The summed E-state index contributed by atoms with van der Waals surface area (Å²) in [5.41, 5.74) is 3.24. The number of pyridine rings is 1. The Kier molecular flexibility index (Phi) is 6.86. The zero-order valence-electron chi connectivity index (χ0n) is 16.1. The largest absolute Gasteiger partial charge is 0.489 e. The fourth-order valence-corrected chi connectivity index (χ4v) is 3.65.